The Bertz CT molecular complexity index is 1790. The first kappa shape index (κ1) is 41.6. The van der Waals surface area contributed by atoms with Crippen molar-refractivity contribution >= 4 is 21.6 Å². The summed E-state index contributed by atoms with van der Waals surface area (Å²) in [6.07, 6.45) is 3.29. The third-order valence-electron chi connectivity index (χ3n) is 10.1. The highest BCUT2D eigenvalue weighted by Crippen LogP contribution is 2.42. The Hall–Kier alpha value is -3.61. The zero-order valence-corrected chi connectivity index (χ0v) is 33.4. The number of benzene rings is 3. The second kappa shape index (κ2) is 19.3. The minimum Gasteiger partial charge on any atom is -0.490 e. The quantitative estimate of drug-likeness (QED) is 0.0818. The first-order chi connectivity index (χ1) is 25.9. The molecule has 54 heavy (non-hydrogen) atoms. The van der Waals surface area contributed by atoms with Crippen LogP contribution in [0.25, 0.3) is 0 Å². The molecule has 3 aromatic carbocycles. The highest BCUT2D eigenvalue weighted by atomic mass is 32.2. The van der Waals surface area contributed by atoms with Crippen LogP contribution in [0.15, 0.2) is 76.6 Å². The molecule has 2 aliphatic heterocycles. The van der Waals surface area contributed by atoms with Gasteiger partial charge in [-0.1, -0.05) is 55.0 Å². The molecule has 0 saturated carbocycles. The van der Waals surface area contributed by atoms with Gasteiger partial charge < -0.3 is 33.9 Å². The van der Waals surface area contributed by atoms with Gasteiger partial charge in [0.25, 0.3) is 0 Å². The van der Waals surface area contributed by atoms with Crippen LogP contribution in [0.4, 0.5) is 5.69 Å². The molecule has 0 bridgehead atoms. The summed E-state index contributed by atoms with van der Waals surface area (Å²) in [7, 11) is -0.654. The van der Waals surface area contributed by atoms with Crippen molar-refractivity contribution < 1.29 is 36.9 Å². The van der Waals surface area contributed by atoms with Gasteiger partial charge >= 0.3 is 0 Å². The summed E-state index contributed by atoms with van der Waals surface area (Å²) >= 11 is 0. The lowest BCUT2D eigenvalue weighted by Crippen LogP contribution is -2.49. The Balaban J connectivity index is 1.49. The Morgan fingerprint density at radius 2 is 1.80 bits per heavy atom. The van der Waals surface area contributed by atoms with E-state index >= 15 is 0 Å². The Labute approximate surface area is 321 Å². The minimum atomic E-state index is -4.03. The van der Waals surface area contributed by atoms with E-state index in [9.17, 15) is 13.2 Å². The predicted molar refractivity (Wildman–Crippen MR) is 210 cm³/mol. The standard InChI is InChI=1S/C42H57N3O8S/c1-30-8-15-36(16-9-30)54(47,48)41(34-14-17-39-38(22-34)45(19-21-52-39)18-7-20-49-5)53-40-25-43-35(24-42(3,4)44-29-46)23-37(40)33-12-10-32(11-13-33)28-51-27-31(2)26-50-6/h8-17,22,31,35,37,40-41,43H,7,18-21,23-28H2,1-6H3/t31?,35-,37-,40+,41?/m1/s1. The molecule has 294 valence electrons. The summed E-state index contributed by atoms with van der Waals surface area (Å²) in [5, 5.41) is 3.60. The Kier molecular flexibility index (Phi) is 14.9. The van der Waals surface area contributed by atoms with E-state index in [1.165, 1.54) is 0 Å². The van der Waals surface area contributed by atoms with Crippen molar-refractivity contribution in [1.82, 2.24) is 5.32 Å². The lowest BCUT2D eigenvalue weighted by atomic mass is 9.80. The Morgan fingerprint density at radius 1 is 1.04 bits per heavy atom. The second-order valence-electron chi connectivity index (χ2n) is 15.3. The second-order valence-corrected chi connectivity index (χ2v) is 17.2. The lowest BCUT2D eigenvalue weighted by molar-refractivity contribution is -0.00778. The first-order valence-corrected chi connectivity index (χ1v) is 20.4. The average molecular weight is 764 g/mol. The zero-order valence-electron chi connectivity index (χ0n) is 32.6. The number of hydrogen-bond donors (Lipinski definition) is 1. The monoisotopic (exact) mass is 763 g/mol. The van der Waals surface area contributed by atoms with E-state index in [2.05, 4.69) is 46.4 Å². The molecule has 5 atom stereocenters. The minimum absolute atomic E-state index is 0.000870. The number of nitrogens with one attached hydrogen (secondary N) is 1. The van der Waals surface area contributed by atoms with Crippen molar-refractivity contribution in [3.8, 4) is 5.75 Å². The molecule has 2 heterocycles. The van der Waals surface area contributed by atoms with Crippen LogP contribution in [0.3, 0.4) is 0 Å². The van der Waals surface area contributed by atoms with Crippen molar-refractivity contribution in [3.05, 3.63) is 89.0 Å². The fourth-order valence-corrected chi connectivity index (χ4v) is 8.93. The fourth-order valence-electron chi connectivity index (χ4n) is 7.37. The van der Waals surface area contributed by atoms with Crippen LogP contribution in [-0.2, 0) is 40.2 Å². The van der Waals surface area contributed by atoms with E-state index in [0.717, 1.165) is 35.3 Å². The van der Waals surface area contributed by atoms with Gasteiger partial charge in [0.05, 0.1) is 48.6 Å². The van der Waals surface area contributed by atoms with Crippen molar-refractivity contribution in [3.63, 3.8) is 0 Å². The number of aliphatic imine (C=N–C) groups is 1. The van der Waals surface area contributed by atoms with Gasteiger partial charge in [-0.3, -0.25) is 0 Å². The number of nitrogens with zero attached hydrogens (tertiary/aromatic N) is 2. The average Bonchev–Trinajstić information content (AvgIpc) is 3.14. The molecule has 1 saturated heterocycles. The van der Waals surface area contributed by atoms with Gasteiger partial charge in [0.15, 0.2) is 5.44 Å². The highest BCUT2D eigenvalue weighted by Gasteiger charge is 2.40. The van der Waals surface area contributed by atoms with Crippen LogP contribution >= 0.6 is 0 Å². The molecule has 3 aromatic rings. The summed E-state index contributed by atoms with van der Waals surface area (Å²) in [5.74, 6) is 0.843. The van der Waals surface area contributed by atoms with E-state index in [1.54, 1.807) is 32.4 Å². The number of rotatable bonds is 19. The maximum atomic E-state index is 14.7. The topological polar surface area (TPSA) is 125 Å². The molecule has 11 nitrogen and oxygen atoms in total. The number of isocyanates is 1. The van der Waals surface area contributed by atoms with Crippen LogP contribution in [0.5, 0.6) is 5.75 Å². The van der Waals surface area contributed by atoms with Gasteiger partial charge in [0.2, 0.25) is 15.9 Å². The van der Waals surface area contributed by atoms with E-state index in [1.807, 2.05) is 51.1 Å². The van der Waals surface area contributed by atoms with Crippen LogP contribution in [-0.4, -0.2) is 92.5 Å². The highest BCUT2D eigenvalue weighted by molar-refractivity contribution is 7.91. The molecule has 0 radical (unpaired) electrons. The zero-order chi connectivity index (χ0) is 38.7. The fraction of sp³-hybridized carbons (Fsp3) is 0.548. The predicted octanol–water partition coefficient (Wildman–Crippen LogP) is 6.54. The van der Waals surface area contributed by atoms with Gasteiger partial charge in [-0.15, -0.1) is 0 Å². The number of sulfone groups is 1. The number of ether oxygens (including phenoxy) is 5. The molecule has 0 spiro atoms. The van der Waals surface area contributed by atoms with E-state index in [0.29, 0.717) is 70.3 Å². The molecule has 2 unspecified atom stereocenters. The molecule has 2 aliphatic rings. The molecule has 0 amide bonds. The van der Waals surface area contributed by atoms with Crippen molar-refractivity contribution in [2.45, 2.75) is 87.5 Å². The van der Waals surface area contributed by atoms with Crippen molar-refractivity contribution in [2.24, 2.45) is 10.9 Å². The summed E-state index contributed by atoms with van der Waals surface area (Å²) < 4.78 is 58.8. The maximum absolute atomic E-state index is 14.7. The number of anilines is 1. The van der Waals surface area contributed by atoms with E-state index in [4.69, 9.17) is 23.7 Å². The molecule has 0 aromatic heterocycles. The third kappa shape index (κ3) is 11.0. The van der Waals surface area contributed by atoms with Gasteiger partial charge in [0, 0.05) is 51.8 Å². The normalized spacial score (nSPS) is 20.0. The summed E-state index contributed by atoms with van der Waals surface area (Å²) in [6.45, 7) is 12.6. The molecule has 1 fully saturated rings. The maximum Gasteiger partial charge on any atom is 0.235 e. The van der Waals surface area contributed by atoms with E-state index in [-0.39, 0.29) is 22.8 Å². The lowest BCUT2D eigenvalue weighted by Gasteiger charge is -2.40. The number of methoxy groups -OCH3 is 2. The SMILES string of the molecule is COCCCN1CCOc2ccc(C(O[C@H]3CN[C@@H](CC(C)(C)N=C=O)C[C@@H]3c3ccc(COCC(C)COC)cc3)S(=O)(=O)c3ccc(C)cc3)cc21. The molecule has 0 aliphatic carbocycles. The Morgan fingerprint density at radius 3 is 2.50 bits per heavy atom. The number of carbonyl (C=O) groups excluding carboxylic acids is 1. The molecule has 5 rings (SSSR count). The largest absolute Gasteiger partial charge is 0.490 e. The van der Waals surface area contributed by atoms with Crippen molar-refractivity contribution in [1.29, 1.82) is 0 Å². The molecular formula is C42H57N3O8S. The van der Waals surface area contributed by atoms with Gasteiger partial charge in [-0.2, -0.15) is 4.99 Å². The summed E-state index contributed by atoms with van der Waals surface area (Å²) in [5.41, 5.74) is 2.51. The first-order valence-electron chi connectivity index (χ1n) is 18.9. The number of piperidine rings is 1. The summed E-state index contributed by atoms with van der Waals surface area (Å²) in [4.78, 5) is 17.7. The smallest absolute Gasteiger partial charge is 0.235 e. The van der Waals surface area contributed by atoms with Gasteiger partial charge in [0.1, 0.15) is 12.4 Å². The number of fused-ring (bicyclic) bond motifs is 1. The summed E-state index contributed by atoms with van der Waals surface area (Å²) in [6, 6.07) is 20.8. The van der Waals surface area contributed by atoms with Crippen LogP contribution in [0.2, 0.25) is 0 Å². The van der Waals surface area contributed by atoms with Crippen LogP contribution in [0, 0.1) is 12.8 Å². The molecular weight excluding hydrogens is 707 g/mol. The van der Waals surface area contributed by atoms with Crippen LogP contribution in [0.1, 0.15) is 73.6 Å². The van der Waals surface area contributed by atoms with Gasteiger partial charge in [-0.25, -0.2) is 13.2 Å². The van der Waals surface area contributed by atoms with Crippen molar-refractivity contribution in [2.75, 3.05) is 65.2 Å². The third-order valence-corrected chi connectivity index (χ3v) is 12.0. The van der Waals surface area contributed by atoms with Gasteiger partial charge in [-0.05, 0) is 81.0 Å². The molecule has 12 heteroatoms. The number of aryl methyl sites for hydroxylation is 1. The number of hydrogen-bond acceptors (Lipinski definition) is 11. The molecule has 1 N–H and O–H groups in total. The van der Waals surface area contributed by atoms with Crippen LogP contribution < -0.4 is 15.0 Å². The van der Waals surface area contributed by atoms with E-state index < -0.39 is 26.9 Å².